The highest BCUT2D eigenvalue weighted by atomic mass is 16.5. The number of rotatable bonds is 11. The summed E-state index contributed by atoms with van der Waals surface area (Å²) in [5.74, 6) is 3.88. The van der Waals surface area contributed by atoms with Gasteiger partial charge in [-0.3, -0.25) is 0 Å². The lowest BCUT2D eigenvalue weighted by Crippen LogP contribution is -2.48. The molecule has 0 radical (unpaired) electrons. The Morgan fingerprint density at radius 2 is 1.84 bits per heavy atom. The Labute approximate surface area is 196 Å². The molecule has 2 fully saturated rings. The van der Waals surface area contributed by atoms with Crippen molar-refractivity contribution >= 4 is 0 Å². The predicted molar refractivity (Wildman–Crippen MR) is 131 cm³/mol. The summed E-state index contributed by atoms with van der Waals surface area (Å²) in [5, 5.41) is 9.63. The lowest BCUT2D eigenvalue weighted by atomic mass is 9.51. The first-order valence-corrected chi connectivity index (χ1v) is 13.6. The number of ether oxygens (including phenoxy) is 2. The maximum Gasteiger partial charge on any atom is 0.119 e. The van der Waals surface area contributed by atoms with Gasteiger partial charge in [-0.25, -0.2) is 0 Å². The second kappa shape index (κ2) is 10.9. The average Bonchev–Trinajstić information content (AvgIpc) is 3.13. The van der Waals surface area contributed by atoms with E-state index < -0.39 is 0 Å². The van der Waals surface area contributed by atoms with Crippen LogP contribution in [0.5, 0.6) is 5.75 Å². The lowest BCUT2D eigenvalue weighted by Gasteiger charge is -2.54. The van der Waals surface area contributed by atoms with Crippen molar-refractivity contribution < 1.29 is 14.6 Å². The van der Waals surface area contributed by atoms with E-state index in [0.29, 0.717) is 30.0 Å². The Hall–Kier alpha value is -1.06. The molecule has 0 aromatic heterocycles. The van der Waals surface area contributed by atoms with Crippen LogP contribution in [0.4, 0.5) is 0 Å². The number of aliphatic hydroxyl groups excluding tert-OH is 1. The number of hydrogen-bond acceptors (Lipinski definition) is 3. The minimum absolute atomic E-state index is 0.301. The molecule has 0 spiro atoms. The molecule has 4 rings (SSSR count). The normalized spacial score (nSPS) is 33.4. The van der Waals surface area contributed by atoms with E-state index in [1.165, 1.54) is 56.9 Å². The third kappa shape index (κ3) is 4.75. The average molecular weight is 443 g/mol. The van der Waals surface area contributed by atoms with E-state index in [-0.39, 0.29) is 0 Å². The van der Waals surface area contributed by atoms with Crippen molar-refractivity contribution in [2.24, 2.45) is 23.2 Å². The molecule has 3 nitrogen and oxygen atoms in total. The van der Waals surface area contributed by atoms with Crippen LogP contribution in [0.25, 0.3) is 0 Å². The van der Waals surface area contributed by atoms with Gasteiger partial charge < -0.3 is 14.6 Å². The van der Waals surface area contributed by atoms with Crippen molar-refractivity contribution in [2.45, 2.75) is 103 Å². The number of fused-ring (bicyclic) bond motifs is 5. The van der Waals surface area contributed by atoms with Gasteiger partial charge in [0.15, 0.2) is 0 Å². The van der Waals surface area contributed by atoms with E-state index in [9.17, 15) is 5.11 Å². The molecule has 1 N–H and O–H groups in total. The van der Waals surface area contributed by atoms with Crippen LogP contribution >= 0.6 is 0 Å². The fourth-order valence-electron chi connectivity index (χ4n) is 7.52. The summed E-state index contributed by atoms with van der Waals surface area (Å²) in [6, 6.07) is 6.95. The van der Waals surface area contributed by atoms with Crippen LogP contribution in [0.3, 0.4) is 0 Å². The fraction of sp³-hybridized carbons (Fsp3) is 0.793. The molecule has 0 amide bonds. The first-order chi connectivity index (χ1) is 15.6. The molecule has 1 aromatic carbocycles. The van der Waals surface area contributed by atoms with Crippen LogP contribution in [0.1, 0.15) is 102 Å². The number of aryl methyl sites for hydroxylation is 1. The van der Waals surface area contributed by atoms with Crippen molar-refractivity contribution in [1.82, 2.24) is 0 Å². The van der Waals surface area contributed by atoms with Gasteiger partial charge in [0.2, 0.25) is 0 Å². The van der Waals surface area contributed by atoms with Gasteiger partial charge in [0.1, 0.15) is 5.75 Å². The van der Waals surface area contributed by atoms with Crippen LogP contribution in [0.15, 0.2) is 18.2 Å². The Balaban J connectivity index is 1.57. The predicted octanol–water partition coefficient (Wildman–Crippen LogP) is 6.91. The van der Waals surface area contributed by atoms with Crippen molar-refractivity contribution in [3.63, 3.8) is 0 Å². The minimum Gasteiger partial charge on any atom is -0.494 e. The number of aliphatic hydroxyl groups is 1. The summed E-state index contributed by atoms with van der Waals surface area (Å²) < 4.78 is 12.6. The number of hydrogen-bond donors (Lipinski definition) is 1. The molecule has 3 aliphatic rings. The molecule has 0 bridgehead atoms. The third-order valence-corrected chi connectivity index (χ3v) is 9.05. The monoisotopic (exact) mass is 442 g/mol. The smallest absolute Gasteiger partial charge is 0.119 e. The Morgan fingerprint density at radius 3 is 2.62 bits per heavy atom. The van der Waals surface area contributed by atoms with E-state index in [2.05, 4.69) is 39.0 Å². The Bertz CT molecular complexity index is 731. The maximum absolute atomic E-state index is 9.63. The Kier molecular flexibility index (Phi) is 8.21. The second-order valence-corrected chi connectivity index (χ2v) is 11.0. The largest absolute Gasteiger partial charge is 0.494 e. The lowest BCUT2D eigenvalue weighted by molar-refractivity contribution is -0.0828. The molecule has 3 aliphatic carbocycles. The highest BCUT2D eigenvalue weighted by molar-refractivity contribution is 5.41. The van der Waals surface area contributed by atoms with E-state index in [1.807, 2.05) is 0 Å². The van der Waals surface area contributed by atoms with E-state index in [4.69, 9.17) is 9.47 Å². The van der Waals surface area contributed by atoms with Gasteiger partial charge in [0.25, 0.3) is 0 Å². The summed E-state index contributed by atoms with van der Waals surface area (Å²) in [6.07, 6.45) is 13.4. The topological polar surface area (TPSA) is 38.7 Å². The van der Waals surface area contributed by atoms with Gasteiger partial charge in [-0.05, 0) is 110 Å². The molecule has 5 unspecified atom stereocenters. The summed E-state index contributed by atoms with van der Waals surface area (Å²) in [5.41, 5.74) is 3.41. The van der Waals surface area contributed by atoms with E-state index in [0.717, 1.165) is 50.1 Å². The molecule has 3 heteroatoms. The molecule has 0 heterocycles. The zero-order valence-electron chi connectivity index (χ0n) is 20.8. The fourth-order valence-corrected chi connectivity index (χ4v) is 7.52. The maximum atomic E-state index is 9.63. The molecule has 0 aliphatic heterocycles. The van der Waals surface area contributed by atoms with Crippen LogP contribution < -0.4 is 4.74 Å². The summed E-state index contributed by atoms with van der Waals surface area (Å²) in [4.78, 5) is 0. The molecular weight excluding hydrogens is 396 g/mol. The Morgan fingerprint density at radius 1 is 1.03 bits per heavy atom. The number of benzene rings is 1. The van der Waals surface area contributed by atoms with Gasteiger partial charge in [0.05, 0.1) is 12.7 Å². The van der Waals surface area contributed by atoms with Crippen molar-refractivity contribution in [1.29, 1.82) is 0 Å². The van der Waals surface area contributed by atoms with Crippen LogP contribution in [0.2, 0.25) is 0 Å². The minimum atomic E-state index is 0.301. The summed E-state index contributed by atoms with van der Waals surface area (Å²) in [7, 11) is 0. The van der Waals surface area contributed by atoms with Crippen LogP contribution in [-0.4, -0.2) is 31.0 Å². The molecule has 32 heavy (non-hydrogen) atoms. The highest BCUT2D eigenvalue weighted by Gasteiger charge is 2.57. The van der Waals surface area contributed by atoms with Gasteiger partial charge in [-0.15, -0.1) is 0 Å². The van der Waals surface area contributed by atoms with Crippen molar-refractivity contribution in [2.75, 3.05) is 19.8 Å². The van der Waals surface area contributed by atoms with Crippen LogP contribution in [-0.2, 0) is 11.2 Å². The SMILES string of the molecule is CCCCOc1ccc2c(c1)CCC1C2[C@@H](CCCO)CC2(C)C(OCCCC)CCC12. The molecule has 0 saturated heterocycles. The van der Waals surface area contributed by atoms with Crippen molar-refractivity contribution in [3.8, 4) is 5.75 Å². The van der Waals surface area contributed by atoms with E-state index in [1.54, 1.807) is 5.56 Å². The first-order valence-electron chi connectivity index (χ1n) is 13.6. The zero-order chi connectivity index (χ0) is 22.6. The second-order valence-electron chi connectivity index (χ2n) is 11.0. The zero-order valence-corrected chi connectivity index (χ0v) is 20.8. The third-order valence-electron chi connectivity index (χ3n) is 9.05. The first kappa shape index (κ1) is 24.1. The quantitative estimate of drug-likeness (QED) is 0.379. The van der Waals surface area contributed by atoms with Crippen molar-refractivity contribution in [3.05, 3.63) is 29.3 Å². The molecule has 180 valence electrons. The van der Waals surface area contributed by atoms with Gasteiger partial charge in [-0.2, -0.15) is 0 Å². The molecule has 2 saturated carbocycles. The molecule has 1 aromatic rings. The van der Waals surface area contributed by atoms with E-state index >= 15 is 0 Å². The summed E-state index contributed by atoms with van der Waals surface area (Å²) >= 11 is 0. The molecular formula is C29H46O3. The molecule has 6 atom stereocenters. The van der Waals surface area contributed by atoms with Crippen LogP contribution in [0, 0.1) is 23.2 Å². The highest BCUT2D eigenvalue weighted by Crippen LogP contribution is 2.64. The number of unbranched alkanes of at least 4 members (excludes halogenated alkanes) is 2. The van der Waals surface area contributed by atoms with Gasteiger partial charge in [0, 0.05) is 13.2 Å². The standard InChI is InChI=1S/C29H46O3/c1-4-6-17-31-23-11-13-24-21(19-23)10-12-25-26-14-15-27(32-18-7-5-2)29(26,3)20-22(28(24)25)9-8-16-30/h11,13,19,22,25-28,30H,4-10,12,14-18,20H2,1-3H3/t22-,25?,26?,27?,28?,29?/m0/s1. The summed E-state index contributed by atoms with van der Waals surface area (Å²) in [6.45, 7) is 9.05. The van der Waals surface area contributed by atoms with Gasteiger partial charge in [-0.1, -0.05) is 39.7 Å². The van der Waals surface area contributed by atoms with Gasteiger partial charge >= 0.3 is 0 Å².